The molecule has 6 heteroatoms. The van der Waals surface area contributed by atoms with Crippen LogP contribution < -0.4 is 9.62 Å². The number of likely N-dealkylation sites (N-methyl/N-ethyl adjacent to an activating group) is 1. The fourth-order valence-electron chi connectivity index (χ4n) is 2.81. The summed E-state index contributed by atoms with van der Waals surface area (Å²) in [5.41, 5.74) is 2.51. The Morgan fingerprint density at radius 2 is 1.54 bits per heavy atom. The van der Waals surface area contributed by atoms with Gasteiger partial charge < -0.3 is 9.80 Å². The first-order chi connectivity index (χ1) is 11.5. The maximum Gasteiger partial charge on any atom is 0.236 e. The zero-order valence-electron chi connectivity index (χ0n) is 13.9. The number of anilines is 2. The van der Waals surface area contributed by atoms with E-state index in [-0.39, 0.29) is 5.75 Å². The van der Waals surface area contributed by atoms with Crippen molar-refractivity contribution in [2.45, 2.75) is 5.75 Å². The molecule has 0 unspecified atom stereocenters. The highest BCUT2D eigenvalue weighted by molar-refractivity contribution is 7.91. The van der Waals surface area contributed by atoms with Gasteiger partial charge in [0.05, 0.1) is 5.75 Å². The number of hydrogen-bond acceptors (Lipinski definition) is 4. The normalized spacial score (nSPS) is 16.1. The largest absolute Gasteiger partial charge is 0.369 e. The van der Waals surface area contributed by atoms with Gasteiger partial charge in [-0.15, -0.1) is 0 Å². The molecule has 0 aromatic heterocycles. The molecule has 5 nitrogen and oxygen atoms in total. The van der Waals surface area contributed by atoms with Crippen LogP contribution in [-0.2, 0) is 15.8 Å². The summed E-state index contributed by atoms with van der Waals surface area (Å²) >= 11 is 0. The van der Waals surface area contributed by atoms with E-state index in [1.165, 1.54) is 0 Å². The summed E-state index contributed by atoms with van der Waals surface area (Å²) in [5, 5.41) is 0. The minimum Gasteiger partial charge on any atom is -0.369 e. The molecule has 0 aliphatic carbocycles. The lowest BCUT2D eigenvalue weighted by Crippen LogP contribution is -2.44. The molecule has 2 aromatic rings. The molecule has 0 spiro atoms. The SMILES string of the molecule is CN1CCN(c2ccc(NS(=O)(=O)Cc3ccccc3)cc2)CC1. The van der Waals surface area contributed by atoms with Crippen LogP contribution >= 0.6 is 0 Å². The highest BCUT2D eigenvalue weighted by atomic mass is 32.2. The Bertz CT molecular complexity index is 753. The molecule has 0 radical (unpaired) electrons. The molecule has 0 amide bonds. The number of hydrogen-bond donors (Lipinski definition) is 1. The van der Waals surface area contributed by atoms with Crippen molar-refractivity contribution in [3.05, 3.63) is 60.2 Å². The highest BCUT2D eigenvalue weighted by Gasteiger charge is 2.15. The first-order valence-electron chi connectivity index (χ1n) is 8.10. The van der Waals surface area contributed by atoms with Crippen LogP contribution in [0.2, 0.25) is 0 Å². The summed E-state index contributed by atoms with van der Waals surface area (Å²) in [6, 6.07) is 16.8. The molecule has 0 atom stereocenters. The van der Waals surface area contributed by atoms with Crippen molar-refractivity contribution in [1.29, 1.82) is 0 Å². The third kappa shape index (κ3) is 4.49. The van der Waals surface area contributed by atoms with Crippen molar-refractivity contribution in [3.63, 3.8) is 0 Å². The Labute approximate surface area is 144 Å². The first kappa shape index (κ1) is 16.8. The van der Waals surface area contributed by atoms with Crippen LogP contribution in [0.5, 0.6) is 0 Å². The molecule has 0 saturated carbocycles. The second-order valence-electron chi connectivity index (χ2n) is 6.18. The summed E-state index contributed by atoms with van der Waals surface area (Å²) in [4.78, 5) is 4.63. The zero-order valence-corrected chi connectivity index (χ0v) is 14.7. The number of nitrogens with one attached hydrogen (secondary N) is 1. The van der Waals surface area contributed by atoms with Gasteiger partial charge in [-0.05, 0) is 36.9 Å². The molecule has 0 bridgehead atoms. The van der Waals surface area contributed by atoms with E-state index in [1.807, 2.05) is 54.6 Å². The van der Waals surface area contributed by atoms with Gasteiger partial charge in [0.15, 0.2) is 0 Å². The van der Waals surface area contributed by atoms with Crippen molar-refractivity contribution >= 4 is 21.4 Å². The molecule has 1 saturated heterocycles. The van der Waals surface area contributed by atoms with E-state index in [9.17, 15) is 8.42 Å². The number of benzene rings is 2. The minimum absolute atomic E-state index is 0.0198. The first-order valence-corrected chi connectivity index (χ1v) is 9.75. The Morgan fingerprint density at radius 3 is 2.17 bits per heavy atom. The van der Waals surface area contributed by atoms with Crippen molar-refractivity contribution in [3.8, 4) is 0 Å². The van der Waals surface area contributed by atoms with Crippen LogP contribution in [-0.4, -0.2) is 46.5 Å². The van der Waals surface area contributed by atoms with Crippen LogP contribution in [0.1, 0.15) is 5.56 Å². The third-order valence-corrected chi connectivity index (χ3v) is 5.47. The predicted octanol–water partition coefficient (Wildman–Crippen LogP) is 2.38. The Morgan fingerprint density at radius 1 is 0.917 bits per heavy atom. The van der Waals surface area contributed by atoms with Crippen molar-refractivity contribution in [2.75, 3.05) is 42.8 Å². The lowest BCUT2D eigenvalue weighted by Gasteiger charge is -2.34. The summed E-state index contributed by atoms with van der Waals surface area (Å²) in [7, 11) is -1.28. The third-order valence-electron chi connectivity index (χ3n) is 4.21. The summed E-state index contributed by atoms with van der Waals surface area (Å²) < 4.78 is 27.2. The van der Waals surface area contributed by atoms with Crippen LogP contribution in [0.4, 0.5) is 11.4 Å². The lowest BCUT2D eigenvalue weighted by atomic mass is 10.2. The standard InChI is InChI=1S/C18H23N3O2S/c1-20-11-13-21(14-12-20)18-9-7-17(8-10-18)19-24(22,23)15-16-5-3-2-4-6-16/h2-10,19H,11-15H2,1H3. The summed E-state index contributed by atoms with van der Waals surface area (Å²) in [5.74, 6) is -0.0198. The van der Waals surface area contributed by atoms with Gasteiger partial charge in [0.2, 0.25) is 10.0 Å². The number of piperazine rings is 1. The zero-order chi connectivity index (χ0) is 17.0. The highest BCUT2D eigenvalue weighted by Crippen LogP contribution is 2.20. The van der Waals surface area contributed by atoms with E-state index >= 15 is 0 Å². The molecule has 2 aromatic carbocycles. The van der Waals surface area contributed by atoms with E-state index in [2.05, 4.69) is 21.6 Å². The number of sulfonamides is 1. The van der Waals surface area contributed by atoms with Crippen molar-refractivity contribution < 1.29 is 8.42 Å². The van der Waals surface area contributed by atoms with Crippen LogP contribution in [0, 0.1) is 0 Å². The van der Waals surface area contributed by atoms with Gasteiger partial charge >= 0.3 is 0 Å². The second kappa shape index (κ2) is 7.23. The molecule has 1 N–H and O–H groups in total. The van der Waals surface area contributed by atoms with Gasteiger partial charge in [0, 0.05) is 37.6 Å². The van der Waals surface area contributed by atoms with E-state index < -0.39 is 10.0 Å². The van der Waals surface area contributed by atoms with E-state index in [1.54, 1.807) is 0 Å². The molecule has 1 aliphatic rings. The van der Waals surface area contributed by atoms with Crippen molar-refractivity contribution in [2.24, 2.45) is 0 Å². The van der Waals surface area contributed by atoms with E-state index in [4.69, 9.17) is 0 Å². The van der Waals surface area contributed by atoms with Gasteiger partial charge in [0.25, 0.3) is 0 Å². The Kier molecular flexibility index (Phi) is 5.06. The quantitative estimate of drug-likeness (QED) is 0.904. The molecular weight excluding hydrogens is 322 g/mol. The molecule has 24 heavy (non-hydrogen) atoms. The average Bonchev–Trinajstić information content (AvgIpc) is 2.56. The summed E-state index contributed by atoms with van der Waals surface area (Å²) in [6.07, 6.45) is 0. The Hall–Kier alpha value is -2.05. The average molecular weight is 345 g/mol. The molecule has 128 valence electrons. The Balaban J connectivity index is 1.63. The molecule has 1 heterocycles. The smallest absolute Gasteiger partial charge is 0.236 e. The van der Waals surface area contributed by atoms with Gasteiger partial charge in [-0.3, -0.25) is 4.72 Å². The maximum atomic E-state index is 12.3. The van der Waals surface area contributed by atoms with Crippen LogP contribution in [0.3, 0.4) is 0 Å². The fourth-order valence-corrected chi connectivity index (χ4v) is 4.01. The number of nitrogens with zero attached hydrogens (tertiary/aromatic N) is 2. The van der Waals surface area contributed by atoms with Gasteiger partial charge in [-0.25, -0.2) is 8.42 Å². The summed E-state index contributed by atoms with van der Waals surface area (Å²) in [6.45, 7) is 4.09. The van der Waals surface area contributed by atoms with Gasteiger partial charge in [0.1, 0.15) is 0 Å². The molecule has 1 fully saturated rings. The topological polar surface area (TPSA) is 52.6 Å². The second-order valence-corrected chi connectivity index (χ2v) is 7.91. The molecule has 3 rings (SSSR count). The minimum atomic E-state index is -3.40. The monoisotopic (exact) mass is 345 g/mol. The lowest BCUT2D eigenvalue weighted by molar-refractivity contribution is 0.313. The van der Waals surface area contributed by atoms with Gasteiger partial charge in [-0.1, -0.05) is 30.3 Å². The number of rotatable bonds is 5. The van der Waals surface area contributed by atoms with E-state index in [0.29, 0.717) is 5.69 Å². The molecule has 1 aliphatic heterocycles. The van der Waals surface area contributed by atoms with Crippen LogP contribution in [0.15, 0.2) is 54.6 Å². The van der Waals surface area contributed by atoms with Crippen LogP contribution in [0.25, 0.3) is 0 Å². The van der Waals surface area contributed by atoms with Crippen molar-refractivity contribution in [1.82, 2.24) is 4.90 Å². The predicted molar refractivity (Wildman–Crippen MR) is 98.8 cm³/mol. The molecular formula is C18H23N3O2S. The fraction of sp³-hybridized carbons (Fsp3) is 0.333. The van der Waals surface area contributed by atoms with Gasteiger partial charge in [-0.2, -0.15) is 0 Å². The van der Waals surface area contributed by atoms with E-state index in [0.717, 1.165) is 37.4 Å². The maximum absolute atomic E-state index is 12.3.